The van der Waals surface area contributed by atoms with Crippen molar-refractivity contribution in [3.8, 4) is 5.75 Å². The van der Waals surface area contributed by atoms with E-state index in [1.165, 1.54) is 0 Å². The number of aryl methyl sites for hydroxylation is 1. The summed E-state index contributed by atoms with van der Waals surface area (Å²) in [4.78, 5) is 14.4. The van der Waals surface area contributed by atoms with Gasteiger partial charge >= 0.3 is 0 Å². The van der Waals surface area contributed by atoms with E-state index < -0.39 is 0 Å². The number of phenols is 1. The van der Waals surface area contributed by atoms with Crippen molar-refractivity contribution in [2.24, 2.45) is 5.92 Å². The largest absolute Gasteiger partial charge is 0.507 e. The monoisotopic (exact) mass is 262 g/mol. The number of likely N-dealkylation sites (tertiary alicyclic amines) is 1. The van der Waals surface area contributed by atoms with Crippen molar-refractivity contribution in [3.63, 3.8) is 0 Å². The molecule has 1 saturated heterocycles. The number of carbonyl (C=O) groups excluding carboxylic acids is 1. The second-order valence-electron chi connectivity index (χ2n) is 5.48. The second kappa shape index (κ2) is 6.06. The van der Waals surface area contributed by atoms with Gasteiger partial charge in [-0.25, -0.2) is 0 Å². The highest BCUT2D eigenvalue weighted by atomic mass is 16.3. The summed E-state index contributed by atoms with van der Waals surface area (Å²) in [5.41, 5.74) is 1.34. The van der Waals surface area contributed by atoms with Crippen LogP contribution in [-0.4, -0.2) is 42.6 Å². The third kappa shape index (κ3) is 3.70. The van der Waals surface area contributed by atoms with Gasteiger partial charge in [0.1, 0.15) is 5.75 Å². The molecule has 0 radical (unpaired) electrons. The summed E-state index contributed by atoms with van der Waals surface area (Å²) >= 11 is 0. The Labute approximate surface area is 114 Å². The van der Waals surface area contributed by atoms with Crippen molar-refractivity contribution in [1.82, 2.24) is 10.2 Å². The molecule has 0 spiro atoms. The Kier molecular flexibility index (Phi) is 4.43. The minimum atomic E-state index is -0.180. The fourth-order valence-corrected chi connectivity index (χ4v) is 2.43. The Morgan fingerprint density at radius 1 is 1.42 bits per heavy atom. The zero-order valence-electron chi connectivity index (χ0n) is 11.6. The van der Waals surface area contributed by atoms with Gasteiger partial charge in [-0.15, -0.1) is 0 Å². The fraction of sp³-hybridized carbons (Fsp3) is 0.533. The van der Waals surface area contributed by atoms with Crippen molar-refractivity contribution < 1.29 is 9.90 Å². The van der Waals surface area contributed by atoms with Crippen LogP contribution in [-0.2, 0) is 0 Å². The highest BCUT2D eigenvalue weighted by Gasteiger charge is 2.18. The fourth-order valence-electron chi connectivity index (χ4n) is 2.43. The molecule has 0 bridgehead atoms. The molecule has 0 unspecified atom stereocenters. The van der Waals surface area contributed by atoms with Crippen molar-refractivity contribution in [2.45, 2.75) is 19.8 Å². The molecule has 4 nitrogen and oxygen atoms in total. The molecule has 1 fully saturated rings. The van der Waals surface area contributed by atoms with E-state index in [0.717, 1.165) is 31.5 Å². The Balaban J connectivity index is 1.89. The van der Waals surface area contributed by atoms with Crippen LogP contribution in [0, 0.1) is 12.8 Å². The number of nitrogens with one attached hydrogen (secondary N) is 1. The molecule has 1 aliphatic heterocycles. The lowest BCUT2D eigenvalue weighted by Crippen LogP contribution is -2.36. The van der Waals surface area contributed by atoms with E-state index in [9.17, 15) is 9.90 Å². The zero-order chi connectivity index (χ0) is 13.8. The molecule has 2 rings (SSSR count). The highest BCUT2D eigenvalue weighted by molar-refractivity contribution is 5.96. The number of piperidine rings is 1. The lowest BCUT2D eigenvalue weighted by atomic mass is 9.97. The smallest absolute Gasteiger partial charge is 0.255 e. The summed E-state index contributed by atoms with van der Waals surface area (Å²) in [5.74, 6) is 0.415. The number of aromatic hydroxyl groups is 1. The van der Waals surface area contributed by atoms with Crippen molar-refractivity contribution in [1.29, 1.82) is 0 Å². The number of hydrogen-bond acceptors (Lipinski definition) is 3. The van der Waals surface area contributed by atoms with Gasteiger partial charge in [-0.2, -0.15) is 0 Å². The summed E-state index contributed by atoms with van der Waals surface area (Å²) in [6.45, 7) is 4.79. The minimum absolute atomic E-state index is 0.0477. The lowest BCUT2D eigenvalue weighted by Gasteiger charge is -2.28. The molecule has 0 aliphatic carbocycles. The molecule has 19 heavy (non-hydrogen) atoms. The van der Waals surface area contributed by atoms with Crippen LogP contribution in [0.15, 0.2) is 18.2 Å². The Bertz CT molecular complexity index is 451. The number of benzene rings is 1. The van der Waals surface area contributed by atoms with Crippen molar-refractivity contribution >= 4 is 5.91 Å². The van der Waals surface area contributed by atoms with Crippen LogP contribution >= 0.6 is 0 Å². The van der Waals surface area contributed by atoms with Gasteiger partial charge in [-0.3, -0.25) is 4.79 Å². The molecule has 4 heteroatoms. The number of rotatable bonds is 3. The first-order valence-electron chi connectivity index (χ1n) is 6.82. The van der Waals surface area contributed by atoms with Gasteiger partial charge in [-0.05, 0) is 58.0 Å². The van der Waals surface area contributed by atoms with Crippen molar-refractivity contribution in [3.05, 3.63) is 29.3 Å². The van der Waals surface area contributed by atoms with Crippen LogP contribution in [0.25, 0.3) is 0 Å². The number of hydrogen-bond donors (Lipinski definition) is 2. The predicted molar refractivity (Wildman–Crippen MR) is 75.4 cm³/mol. The van der Waals surface area contributed by atoms with Gasteiger partial charge in [0.05, 0.1) is 5.56 Å². The van der Waals surface area contributed by atoms with Crippen molar-refractivity contribution in [2.75, 3.05) is 26.7 Å². The Hall–Kier alpha value is -1.55. The molecule has 2 N–H and O–H groups in total. The molecule has 0 aromatic heterocycles. The number of carbonyl (C=O) groups is 1. The van der Waals surface area contributed by atoms with Gasteiger partial charge in [0.25, 0.3) is 5.91 Å². The van der Waals surface area contributed by atoms with Gasteiger partial charge in [0.15, 0.2) is 0 Å². The Morgan fingerprint density at radius 2 is 2.11 bits per heavy atom. The predicted octanol–water partition coefficient (Wildman–Crippen LogP) is 1.77. The standard InChI is InChI=1S/C15H22N2O2/c1-11-3-4-14(18)13(9-11)15(19)16-10-12-5-7-17(2)8-6-12/h3-4,9,12,18H,5-8,10H2,1-2H3,(H,16,19). The zero-order valence-corrected chi connectivity index (χ0v) is 11.6. The van der Waals surface area contributed by atoms with Crippen LogP contribution in [0.1, 0.15) is 28.8 Å². The molecule has 1 heterocycles. The van der Waals surface area contributed by atoms with E-state index in [1.54, 1.807) is 18.2 Å². The quantitative estimate of drug-likeness (QED) is 0.873. The third-order valence-electron chi connectivity index (χ3n) is 3.79. The summed E-state index contributed by atoms with van der Waals surface area (Å²) in [7, 11) is 2.12. The normalized spacial score (nSPS) is 17.4. The average Bonchev–Trinajstić information content (AvgIpc) is 2.40. The minimum Gasteiger partial charge on any atom is -0.507 e. The maximum absolute atomic E-state index is 12.0. The van der Waals surface area contributed by atoms with E-state index in [4.69, 9.17) is 0 Å². The van der Waals surface area contributed by atoms with Gasteiger partial charge < -0.3 is 15.3 Å². The van der Waals surface area contributed by atoms with Gasteiger partial charge in [0.2, 0.25) is 0 Å². The highest BCUT2D eigenvalue weighted by Crippen LogP contribution is 2.19. The number of amides is 1. The van der Waals surface area contributed by atoms with Gasteiger partial charge in [0, 0.05) is 6.54 Å². The average molecular weight is 262 g/mol. The molecule has 1 aromatic rings. The van der Waals surface area contributed by atoms with Crippen LogP contribution in [0.5, 0.6) is 5.75 Å². The molecule has 104 valence electrons. The first kappa shape index (κ1) is 13.9. The van der Waals surface area contributed by atoms with E-state index in [1.807, 2.05) is 6.92 Å². The van der Waals surface area contributed by atoms with E-state index >= 15 is 0 Å². The molecule has 1 amide bonds. The van der Waals surface area contributed by atoms with Crippen LogP contribution in [0.3, 0.4) is 0 Å². The SMILES string of the molecule is Cc1ccc(O)c(C(=O)NCC2CCN(C)CC2)c1. The summed E-state index contributed by atoms with van der Waals surface area (Å²) in [6, 6.07) is 5.09. The van der Waals surface area contributed by atoms with Crippen LogP contribution < -0.4 is 5.32 Å². The van der Waals surface area contributed by atoms with E-state index in [0.29, 0.717) is 18.0 Å². The molecule has 1 aromatic carbocycles. The summed E-state index contributed by atoms with van der Waals surface area (Å²) in [5, 5.41) is 12.6. The third-order valence-corrected chi connectivity index (χ3v) is 3.79. The first-order chi connectivity index (χ1) is 9.06. The molecular formula is C15H22N2O2. The second-order valence-corrected chi connectivity index (χ2v) is 5.48. The van der Waals surface area contributed by atoms with Gasteiger partial charge in [-0.1, -0.05) is 11.6 Å². The maximum Gasteiger partial charge on any atom is 0.255 e. The topological polar surface area (TPSA) is 52.6 Å². The Morgan fingerprint density at radius 3 is 2.79 bits per heavy atom. The maximum atomic E-state index is 12.0. The van der Waals surface area contributed by atoms with Crippen LogP contribution in [0.4, 0.5) is 0 Å². The molecule has 1 aliphatic rings. The lowest BCUT2D eigenvalue weighted by molar-refractivity contribution is 0.0936. The summed E-state index contributed by atoms with van der Waals surface area (Å²) < 4.78 is 0. The first-order valence-corrected chi connectivity index (χ1v) is 6.82. The number of phenolic OH excluding ortho intramolecular Hbond substituents is 1. The molecule has 0 atom stereocenters. The summed E-state index contributed by atoms with van der Waals surface area (Å²) in [6.07, 6.45) is 2.24. The van der Waals surface area contributed by atoms with Crippen LogP contribution in [0.2, 0.25) is 0 Å². The molecule has 0 saturated carbocycles. The number of nitrogens with zero attached hydrogens (tertiary/aromatic N) is 1. The van der Waals surface area contributed by atoms with E-state index in [2.05, 4.69) is 17.3 Å². The van der Waals surface area contributed by atoms with E-state index in [-0.39, 0.29) is 11.7 Å². The molecular weight excluding hydrogens is 240 g/mol.